The number of hydrogen-bond donors (Lipinski definition) is 1. The van der Waals surface area contributed by atoms with E-state index >= 15 is 0 Å². The van der Waals surface area contributed by atoms with Crippen molar-refractivity contribution in [3.63, 3.8) is 0 Å². The average molecular weight is 488 g/mol. The first-order valence-electron chi connectivity index (χ1n) is 12.9. The summed E-state index contributed by atoms with van der Waals surface area (Å²) in [6.07, 6.45) is -0.502. The molecule has 5 rings (SSSR count). The Morgan fingerprint density at radius 1 is 0.917 bits per heavy atom. The number of aliphatic hydroxyl groups excluding tert-OH is 1. The van der Waals surface area contributed by atoms with Gasteiger partial charge in [-0.25, -0.2) is 0 Å². The topological polar surface area (TPSA) is 50.1 Å². The van der Waals surface area contributed by atoms with Crippen molar-refractivity contribution in [3.8, 4) is 0 Å². The number of benzene rings is 3. The van der Waals surface area contributed by atoms with Gasteiger partial charge in [0.25, 0.3) is 0 Å². The number of ether oxygens (including phenoxy) is 2. The molecule has 190 valence electrons. The number of nitrogens with zero attached hydrogens (tertiary/aromatic N) is 3. The molecule has 1 fully saturated rings. The van der Waals surface area contributed by atoms with Gasteiger partial charge in [-0.1, -0.05) is 60.7 Å². The second-order valence-corrected chi connectivity index (χ2v) is 9.74. The zero-order valence-corrected chi connectivity index (χ0v) is 21.2. The van der Waals surface area contributed by atoms with Crippen LogP contribution in [-0.2, 0) is 29.1 Å². The predicted molar refractivity (Wildman–Crippen MR) is 145 cm³/mol. The van der Waals surface area contributed by atoms with E-state index in [1.807, 2.05) is 0 Å². The molecular formula is C30H37N3O3. The van der Waals surface area contributed by atoms with Crippen molar-refractivity contribution in [3.05, 3.63) is 83.9 Å². The van der Waals surface area contributed by atoms with E-state index in [-0.39, 0.29) is 0 Å². The third-order valence-electron chi connectivity index (χ3n) is 7.06. The van der Waals surface area contributed by atoms with Crippen LogP contribution in [0.1, 0.15) is 11.1 Å². The SMILES string of the molecule is COCCN(Cc1cccc(CN2CCOCC2)c1)C[C@H](O)Cn1c2ccccc2c2ccccc21. The molecule has 1 atom stereocenters. The Morgan fingerprint density at radius 3 is 2.28 bits per heavy atom. The van der Waals surface area contributed by atoms with Gasteiger partial charge in [0.15, 0.2) is 0 Å². The van der Waals surface area contributed by atoms with Crippen molar-refractivity contribution in [2.75, 3.05) is 53.1 Å². The molecule has 2 heterocycles. The second-order valence-electron chi connectivity index (χ2n) is 9.74. The van der Waals surface area contributed by atoms with Gasteiger partial charge in [0.1, 0.15) is 0 Å². The summed E-state index contributed by atoms with van der Waals surface area (Å²) in [5.41, 5.74) is 4.92. The van der Waals surface area contributed by atoms with E-state index in [1.54, 1.807) is 7.11 Å². The summed E-state index contributed by atoms with van der Waals surface area (Å²) in [5.74, 6) is 0. The van der Waals surface area contributed by atoms with E-state index in [0.717, 1.165) is 57.0 Å². The maximum absolute atomic E-state index is 11.2. The number of para-hydroxylation sites is 2. The molecule has 0 radical (unpaired) electrons. The fourth-order valence-electron chi connectivity index (χ4n) is 5.32. The van der Waals surface area contributed by atoms with Gasteiger partial charge in [0, 0.05) is 68.2 Å². The molecule has 0 amide bonds. The number of aromatic nitrogens is 1. The first-order valence-corrected chi connectivity index (χ1v) is 12.9. The summed E-state index contributed by atoms with van der Waals surface area (Å²) >= 11 is 0. The maximum Gasteiger partial charge on any atom is 0.0846 e. The quantitative estimate of drug-likeness (QED) is 0.345. The average Bonchev–Trinajstić information content (AvgIpc) is 3.22. The van der Waals surface area contributed by atoms with Crippen LogP contribution in [0.2, 0.25) is 0 Å². The third-order valence-corrected chi connectivity index (χ3v) is 7.06. The molecule has 3 aromatic carbocycles. The number of fused-ring (bicyclic) bond motifs is 3. The molecule has 1 aromatic heterocycles. The van der Waals surface area contributed by atoms with E-state index in [9.17, 15) is 5.11 Å². The monoisotopic (exact) mass is 487 g/mol. The van der Waals surface area contributed by atoms with Crippen molar-refractivity contribution in [1.82, 2.24) is 14.4 Å². The molecule has 4 aromatic rings. The summed E-state index contributed by atoms with van der Waals surface area (Å²) < 4.78 is 13.1. The Hall–Kier alpha value is -2.74. The highest BCUT2D eigenvalue weighted by atomic mass is 16.5. The lowest BCUT2D eigenvalue weighted by Gasteiger charge is -2.27. The molecule has 0 spiro atoms. The van der Waals surface area contributed by atoms with Crippen LogP contribution < -0.4 is 0 Å². The minimum Gasteiger partial charge on any atom is -0.390 e. The Bertz CT molecular complexity index is 1210. The summed E-state index contributed by atoms with van der Waals surface area (Å²) in [5, 5.41) is 13.7. The lowest BCUT2D eigenvalue weighted by atomic mass is 10.1. The number of methoxy groups -OCH3 is 1. The summed E-state index contributed by atoms with van der Waals surface area (Å²) in [6.45, 7) is 7.87. The van der Waals surface area contributed by atoms with E-state index < -0.39 is 6.10 Å². The molecule has 1 saturated heterocycles. The highest BCUT2D eigenvalue weighted by molar-refractivity contribution is 6.07. The Morgan fingerprint density at radius 2 is 1.58 bits per heavy atom. The minimum absolute atomic E-state index is 0.502. The van der Waals surface area contributed by atoms with E-state index in [4.69, 9.17) is 9.47 Å². The smallest absolute Gasteiger partial charge is 0.0846 e. The summed E-state index contributed by atoms with van der Waals surface area (Å²) in [4.78, 5) is 4.75. The molecule has 1 aliphatic heterocycles. The molecule has 1 N–H and O–H groups in total. The van der Waals surface area contributed by atoms with Gasteiger partial charge in [0.05, 0.1) is 32.5 Å². The van der Waals surface area contributed by atoms with Crippen molar-refractivity contribution in [2.45, 2.75) is 25.7 Å². The van der Waals surface area contributed by atoms with Crippen LogP contribution in [0.15, 0.2) is 72.8 Å². The molecule has 36 heavy (non-hydrogen) atoms. The van der Waals surface area contributed by atoms with Gasteiger partial charge in [-0.2, -0.15) is 0 Å². The van der Waals surface area contributed by atoms with Gasteiger partial charge >= 0.3 is 0 Å². The van der Waals surface area contributed by atoms with Crippen molar-refractivity contribution < 1.29 is 14.6 Å². The molecule has 0 saturated carbocycles. The summed E-state index contributed by atoms with van der Waals surface area (Å²) in [6, 6.07) is 25.7. The normalized spacial score (nSPS) is 15.8. The van der Waals surface area contributed by atoms with Gasteiger partial charge in [-0.3, -0.25) is 9.80 Å². The van der Waals surface area contributed by atoms with Crippen molar-refractivity contribution >= 4 is 21.8 Å². The van der Waals surface area contributed by atoms with E-state index in [2.05, 4.69) is 87.2 Å². The number of aliphatic hydroxyl groups is 1. The summed E-state index contributed by atoms with van der Waals surface area (Å²) in [7, 11) is 1.73. The zero-order valence-electron chi connectivity index (χ0n) is 21.2. The van der Waals surface area contributed by atoms with Crippen molar-refractivity contribution in [2.24, 2.45) is 0 Å². The lowest BCUT2D eigenvalue weighted by molar-refractivity contribution is 0.0341. The molecule has 1 aliphatic rings. The van der Waals surface area contributed by atoms with Gasteiger partial charge in [0.2, 0.25) is 0 Å². The third kappa shape index (κ3) is 5.97. The van der Waals surface area contributed by atoms with Crippen LogP contribution in [0.5, 0.6) is 0 Å². The molecular weight excluding hydrogens is 450 g/mol. The second kappa shape index (κ2) is 12.0. The first kappa shape index (κ1) is 24.9. The Kier molecular flexibility index (Phi) is 8.31. The standard InChI is InChI=1S/C30H37N3O3/c1-35-16-13-32(21-25-8-6-7-24(19-25)20-31-14-17-36-18-15-31)22-26(34)23-33-29-11-4-2-9-27(29)28-10-3-5-12-30(28)33/h2-12,19,26,34H,13-18,20-23H2,1H3/t26-/m0/s1. The van der Waals surface area contributed by atoms with Gasteiger partial charge < -0.3 is 19.1 Å². The molecule has 0 aliphatic carbocycles. The predicted octanol–water partition coefficient (Wildman–Crippen LogP) is 4.14. The van der Waals surface area contributed by atoms with E-state index in [0.29, 0.717) is 19.7 Å². The number of hydrogen-bond acceptors (Lipinski definition) is 5. The van der Waals surface area contributed by atoms with Crippen LogP contribution in [-0.4, -0.2) is 78.7 Å². The fourth-order valence-corrected chi connectivity index (χ4v) is 5.32. The van der Waals surface area contributed by atoms with Crippen LogP contribution in [0.3, 0.4) is 0 Å². The minimum atomic E-state index is -0.502. The van der Waals surface area contributed by atoms with E-state index in [1.165, 1.54) is 21.9 Å². The van der Waals surface area contributed by atoms with Crippen LogP contribution in [0.25, 0.3) is 21.8 Å². The molecule has 0 unspecified atom stereocenters. The molecule has 6 nitrogen and oxygen atoms in total. The fraction of sp³-hybridized carbons (Fsp3) is 0.400. The number of rotatable bonds is 11. The molecule has 6 heteroatoms. The lowest BCUT2D eigenvalue weighted by Crippen LogP contribution is -2.36. The van der Waals surface area contributed by atoms with Gasteiger partial charge in [-0.05, 0) is 23.3 Å². The molecule has 0 bridgehead atoms. The first-order chi connectivity index (χ1) is 17.7. The number of morpholine rings is 1. The zero-order chi connectivity index (χ0) is 24.7. The highest BCUT2D eigenvalue weighted by Gasteiger charge is 2.17. The Labute approximate surface area is 213 Å². The van der Waals surface area contributed by atoms with Crippen LogP contribution >= 0.6 is 0 Å². The van der Waals surface area contributed by atoms with Crippen LogP contribution in [0.4, 0.5) is 0 Å². The largest absolute Gasteiger partial charge is 0.390 e. The van der Waals surface area contributed by atoms with Crippen LogP contribution in [0, 0.1) is 0 Å². The maximum atomic E-state index is 11.2. The van der Waals surface area contributed by atoms with Crippen molar-refractivity contribution in [1.29, 1.82) is 0 Å². The van der Waals surface area contributed by atoms with Gasteiger partial charge in [-0.15, -0.1) is 0 Å². The highest BCUT2D eigenvalue weighted by Crippen LogP contribution is 2.29. The Balaban J connectivity index is 1.29.